The number of phenols is 1. The molecule has 3 aromatic rings. The smallest absolute Gasteiger partial charge is 0.273 e. The van der Waals surface area contributed by atoms with Crippen molar-refractivity contribution >= 4 is 5.91 Å². The highest BCUT2D eigenvalue weighted by Gasteiger charge is 2.42. The van der Waals surface area contributed by atoms with Crippen LogP contribution in [0.1, 0.15) is 33.2 Å². The van der Waals surface area contributed by atoms with Gasteiger partial charge in [-0.25, -0.2) is 0 Å². The number of aliphatic hydroxyl groups is 1. The highest BCUT2D eigenvalue weighted by atomic mass is 16.3. The van der Waals surface area contributed by atoms with E-state index in [-0.39, 0.29) is 30.9 Å². The number of hydrogen-bond donors (Lipinski definition) is 3. The summed E-state index contributed by atoms with van der Waals surface area (Å²) >= 11 is 0. The zero-order valence-corrected chi connectivity index (χ0v) is 14.3. The molecular weight excluding hydrogens is 330 g/mol. The molecule has 1 aliphatic rings. The SMILES string of the molecule is Cc1ccc([C@@H]2c3c(-c4ccccc4O)n[nH]c3C(=O)N2CCO)cc1. The third-order valence-electron chi connectivity index (χ3n) is 4.76. The van der Waals surface area contributed by atoms with Crippen LogP contribution >= 0.6 is 0 Å². The molecule has 1 aliphatic heterocycles. The van der Waals surface area contributed by atoms with E-state index in [4.69, 9.17) is 0 Å². The van der Waals surface area contributed by atoms with Gasteiger partial charge in [0.15, 0.2) is 0 Å². The van der Waals surface area contributed by atoms with Crippen LogP contribution in [0.15, 0.2) is 48.5 Å². The van der Waals surface area contributed by atoms with Crippen molar-refractivity contribution in [2.75, 3.05) is 13.2 Å². The largest absolute Gasteiger partial charge is 0.507 e. The molecule has 0 fully saturated rings. The maximum atomic E-state index is 12.8. The standard InChI is InChI=1S/C20H19N3O3/c1-12-6-8-13(9-7-12)19-16-17(14-4-2-3-5-15(14)25)21-22-18(16)20(26)23(19)10-11-24/h2-9,19,24-25H,10-11H2,1H3,(H,21,22)/t19-/m1/s1. The number of amides is 1. The van der Waals surface area contributed by atoms with E-state index in [1.54, 1.807) is 23.1 Å². The van der Waals surface area contributed by atoms with Crippen LogP contribution in [0.2, 0.25) is 0 Å². The lowest BCUT2D eigenvalue weighted by molar-refractivity contribution is 0.0706. The maximum Gasteiger partial charge on any atom is 0.273 e. The van der Waals surface area contributed by atoms with Crippen molar-refractivity contribution in [3.8, 4) is 17.0 Å². The number of para-hydroxylation sites is 1. The number of rotatable bonds is 4. The minimum Gasteiger partial charge on any atom is -0.507 e. The Morgan fingerprint density at radius 2 is 1.88 bits per heavy atom. The third-order valence-corrected chi connectivity index (χ3v) is 4.76. The third kappa shape index (κ3) is 2.46. The molecule has 1 amide bonds. The Balaban J connectivity index is 1.91. The maximum absolute atomic E-state index is 12.8. The first-order valence-corrected chi connectivity index (χ1v) is 8.47. The zero-order valence-electron chi connectivity index (χ0n) is 14.3. The average molecular weight is 349 g/mol. The number of carbonyl (C=O) groups excluding carboxylic acids is 1. The van der Waals surface area contributed by atoms with E-state index in [1.807, 2.05) is 37.3 Å². The summed E-state index contributed by atoms with van der Waals surface area (Å²) in [5.74, 6) is -0.0914. The molecule has 1 atom stereocenters. The van der Waals surface area contributed by atoms with E-state index in [2.05, 4.69) is 10.2 Å². The number of fused-ring (bicyclic) bond motifs is 1. The second-order valence-electron chi connectivity index (χ2n) is 6.41. The highest BCUT2D eigenvalue weighted by Crippen LogP contribution is 2.44. The van der Waals surface area contributed by atoms with E-state index in [0.29, 0.717) is 17.0 Å². The van der Waals surface area contributed by atoms with Gasteiger partial charge in [-0.1, -0.05) is 42.0 Å². The molecule has 2 aromatic carbocycles. The minimum absolute atomic E-state index is 0.109. The number of aromatic amines is 1. The normalized spacial score (nSPS) is 16.2. The van der Waals surface area contributed by atoms with Crippen molar-refractivity contribution in [3.63, 3.8) is 0 Å². The van der Waals surface area contributed by atoms with Gasteiger partial charge >= 0.3 is 0 Å². The fraction of sp³-hybridized carbons (Fsp3) is 0.200. The van der Waals surface area contributed by atoms with Gasteiger partial charge in [-0.2, -0.15) is 5.10 Å². The van der Waals surface area contributed by atoms with Gasteiger partial charge < -0.3 is 15.1 Å². The summed E-state index contributed by atoms with van der Waals surface area (Å²) < 4.78 is 0. The van der Waals surface area contributed by atoms with Crippen molar-refractivity contribution in [2.24, 2.45) is 0 Å². The zero-order chi connectivity index (χ0) is 18.3. The quantitative estimate of drug-likeness (QED) is 0.675. The predicted octanol–water partition coefficient (Wildman–Crippen LogP) is 2.63. The topological polar surface area (TPSA) is 89.5 Å². The minimum atomic E-state index is -0.362. The monoisotopic (exact) mass is 349 g/mol. The summed E-state index contributed by atoms with van der Waals surface area (Å²) in [5.41, 5.74) is 4.32. The lowest BCUT2D eigenvalue weighted by Crippen LogP contribution is -2.32. The van der Waals surface area contributed by atoms with Crippen molar-refractivity contribution in [1.29, 1.82) is 0 Å². The summed E-state index contributed by atoms with van der Waals surface area (Å²) in [6, 6.07) is 14.5. The van der Waals surface area contributed by atoms with Gasteiger partial charge in [0, 0.05) is 17.7 Å². The van der Waals surface area contributed by atoms with Gasteiger partial charge in [-0.3, -0.25) is 9.89 Å². The number of H-pyrrole nitrogens is 1. The average Bonchev–Trinajstić information content (AvgIpc) is 3.17. The van der Waals surface area contributed by atoms with Gasteiger partial charge in [0.25, 0.3) is 5.91 Å². The van der Waals surface area contributed by atoms with Crippen LogP contribution in [-0.4, -0.2) is 44.4 Å². The van der Waals surface area contributed by atoms with Gasteiger partial charge in [0.2, 0.25) is 0 Å². The Labute approximate surface area is 150 Å². The van der Waals surface area contributed by atoms with E-state index < -0.39 is 0 Å². The second kappa shape index (κ2) is 6.31. The molecule has 0 spiro atoms. The predicted molar refractivity (Wildman–Crippen MR) is 96.8 cm³/mol. The van der Waals surface area contributed by atoms with E-state index in [9.17, 15) is 15.0 Å². The summed E-state index contributed by atoms with van der Waals surface area (Å²) in [7, 11) is 0. The summed E-state index contributed by atoms with van der Waals surface area (Å²) in [6.45, 7) is 2.10. The van der Waals surface area contributed by atoms with E-state index in [1.165, 1.54) is 0 Å². The van der Waals surface area contributed by atoms with Gasteiger partial charge in [0.05, 0.1) is 12.6 Å². The number of aromatic nitrogens is 2. The molecule has 0 saturated carbocycles. The molecule has 0 saturated heterocycles. The van der Waals surface area contributed by atoms with Crippen LogP contribution in [-0.2, 0) is 0 Å². The van der Waals surface area contributed by atoms with Crippen LogP contribution in [0.5, 0.6) is 5.75 Å². The summed E-state index contributed by atoms with van der Waals surface area (Å²) in [4.78, 5) is 14.5. The first-order valence-electron chi connectivity index (χ1n) is 8.47. The number of nitrogens with one attached hydrogen (secondary N) is 1. The number of aryl methyl sites for hydroxylation is 1. The highest BCUT2D eigenvalue weighted by molar-refractivity contribution is 6.00. The number of nitrogens with zero attached hydrogens (tertiary/aromatic N) is 2. The molecule has 6 nitrogen and oxygen atoms in total. The molecule has 1 aromatic heterocycles. The van der Waals surface area contributed by atoms with Crippen LogP contribution in [0.4, 0.5) is 0 Å². The molecule has 4 rings (SSSR count). The first-order chi connectivity index (χ1) is 12.6. The van der Waals surface area contributed by atoms with Crippen molar-refractivity contribution in [2.45, 2.75) is 13.0 Å². The van der Waals surface area contributed by atoms with Crippen LogP contribution < -0.4 is 0 Å². The molecule has 26 heavy (non-hydrogen) atoms. The second-order valence-corrected chi connectivity index (χ2v) is 6.41. The van der Waals surface area contributed by atoms with Crippen molar-refractivity contribution < 1.29 is 15.0 Å². The molecule has 6 heteroatoms. The van der Waals surface area contributed by atoms with Crippen LogP contribution in [0.25, 0.3) is 11.3 Å². The Morgan fingerprint density at radius 1 is 1.15 bits per heavy atom. The number of aliphatic hydroxyl groups excluding tert-OH is 1. The van der Waals surface area contributed by atoms with Gasteiger partial charge in [-0.15, -0.1) is 0 Å². The number of benzene rings is 2. The molecule has 0 unspecified atom stereocenters. The summed E-state index contributed by atoms with van der Waals surface area (Å²) in [6.07, 6.45) is 0. The molecule has 0 aliphatic carbocycles. The van der Waals surface area contributed by atoms with Gasteiger partial charge in [-0.05, 0) is 24.6 Å². The number of β-amino-alcohol motifs (C(OH)–C–C–N with tert-alkyl or cyclic N) is 1. The number of carbonyl (C=O) groups is 1. The molecule has 0 bridgehead atoms. The molecule has 3 N–H and O–H groups in total. The van der Waals surface area contributed by atoms with Crippen molar-refractivity contribution in [3.05, 3.63) is 70.9 Å². The Morgan fingerprint density at radius 3 is 2.58 bits per heavy atom. The molecule has 132 valence electrons. The van der Waals surface area contributed by atoms with Crippen LogP contribution in [0, 0.1) is 6.92 Å². The lowest BCUT2D eigenvalue weighted by Gasteiger charge is -2.25. The Kier molecular flexibility index (Phi) is 3.97. The van der Waals surface area contributed by atoms with Crippen molar-refractivity contribution in [1.82, 2.24) is 15.1 Å². The van der Waals surface area contributed by atoms with Gasteiger partial charge in [0.1, 0.15) is 17.1 Å². The lowest BCUT2D eigenvalue weighted by atomic mass is 9.95. The van der Waals surface area contributed by atoms with E-state index >= 15 is 0 Å². The molecule has 0 radical (unpaired) electrons. The molecular formula is C20H19N3O3. The fourth-order valence-electron chi connectivity index (χ4n) is 3.51. The fourth-order valence-corrected chi connectivity index (χ4v) is 3.51. The Hall–Kier alpha value is -3.12. The first kappa shape index (κ1) is 16.4. The Bertz CT molecular complexity index is 963. The number of hydrogen-bond acceptors (Lipinski definition) is 4. The number of aromatic hydroxyl groups is 1. The van der Waals surface area contributed by atoms with E-state index in [0.717, 1.165) is 16.7 Å². The molecule has 2 heterocycles. The summed E-state index contributed by atoms with van der Waals surface area (Å²) in [5, 5.41) is 26.8. The van der Waals surface area contributed by atoms with Crippen LogP contribution in [0.3, 0.4) is 0 Å². The number of phenolic OH excluding ortho intramolecular Hbond substituents is 1.